The van der Waals surface area contributed by atoms with Gasteiger partial charge in [0.25, 0.3) is 0 Å². The van der Waals surface area contributed by atoms with E-state index < -0.39 is 23.7 Å². The molecule has 1 aromatic carbocycles. The number of halogens is 1. The molecular formula is C25H32ClNO5. The van der Waals surface area contributed by atoms with Crippen molar-refractivity contribution >= 4 is 23.4 Å². The van der Waals surface area contributed by atoms with Crippen LogP contribution in [0.25, 0.3) is 0 Å². The first-order chi connectivity index (χ1) is 15.3. The molecule has 6 nitrogen and oxygen atoms in total. The van der Waals surface area contributed by atoms with Gasteiger partial charge in [-0.2, -0.15) is 0 Å². The van der Waals surface area contributed by atoms with Crippen molar-refractivity contribution in [3.63, 3.8) is 0 Å². The zero-order chi connectivity index (χ0) is 22.6. The van der Waals surface area contributed by atoms with Gasteiger partial charge in [0.1, 0.15) is 5.75 Å². The smallest absolute Gasteiger partial charge is 0.233 e. The fourth-order valence-corrected chi connectivity index (χ4v) is 7.15. The van der Waals surface area contributed by atoms with Crippen LogP contribution in [0.2, 0.25) is 5.02 Å². The first-order valence-electron chi connectivity index (χ1n) is 12.1. The van der Waals surface area contributed by atoms with E-state index in [1.165, 1.54) is 6.07 Å². The number of fused-ring (bicyclic) bond motifs is 3. The number of nitrogens with zero attached hydrogens (tertiary/aromatic N) is 1. The molecule has 0 spiro atoms. The normalized spacial score (nSPS) is 37.6. The van der Waals surface area contributed by atoms with Gasteiger partial charge in [-0.15, -0.1) is 0 Å². The first-order valence-corrected chi connectivity index (χ1v) is 12.5. The Morgan fingerprint density at radius 1 is 1.16 bits per heavy atom. The van der Waals surface area contributed by atoms with E-state index in [0.29, 0.717) is 23.4 Å². The fourth-order valence-electron chi connectivity index (χ4n) is 6.85. The van der Waals surface area contributed by atoms with Crippen LogP contribution >= 0.6 is 11.6 Å². The summed E-state index contributed by atoms with van der Waals surface area (Å²) < 4.78 is 6.30. The zero-order valence-electron chi connectivity index (χ0n) is 18.5. The second-order valence-corrected chi connectivity index (χ2v) is 10.5. The number of hydrogen-bond donors (Lipinski definition) is 2. The van der Waals surface area contributed by atoms with Gasteiger partial charge in [-0.3, -0.25) is 14.5 Å². The molecule has 6 atom stereocenters. The molecule has 2 aliphatic carbocycles. The summed E-state index contributed by atoms with van der Waals surface area (Å²) in [6.45, 7) is 2.06. The summed E-state index contributed by atoms with van der Waals surface area (Å²) in [5, 5.41) is 21.9. The monoisotopic (exact) mass is 461 g/mol. The molecule has 2 amide bonds. The van der Waals surface area contributed by atoms with E-state index in [4.69, 9.17) is 16.3 Å². The molecule has 32 heavy (non-hydrogen) atoms. The predicted octanol–water partition coefficient (Wildman–Crippen LogP) is 4.57. The van der Waals surface area contributed by atoms with Crippen LogP contribution in [0, 0.1) is 23.7 Å². The van der Waals surface area contributed by atoms with Crippen molar-refractivity contribution in [2.75, 3.05) is 0 Å². The SMILES string of the molecule is CCC[C@H]1C[C@@H]2C(=O)N(C3CCCCC3)C(=O)[C@@H]2[C@@H]2C[C@@H](c3ccc(O)cc3Cl)O[C@]12O. The van der Waals surface area contributed by atoms with Gasteiger partial charge in [-0.1, -0.05) is 50.3 Å². The third-order valence-electron chi connectivity index (χ3n) is 8.31. The van der Waals surface area contributed by atoms with Gasteiger partial charge in [0, 0.05) is 17.9 Å². The van der Waals surface area contributed by atoms with Crippen LogP contribution in [0.4, 0.5) is 0 Å². The van der Waals surface area contributed by atoms with Crippen molar-refractivity contribution in [3.05, 3.63) is 28.8 Å². The molecule has 2 heterocycles. The van der Waals surface area contributed by atoms with Crippen LogP contribution in [0.3, 0.4) is 0 Å². The van der Waals surface area contributed by atoms with Gasteiger partial charge >= 0.3 is 0 Å². The van der Waals surface area contributed by atoms with E-state index >= 15 is 0 Å². The Morgan fingerprint density at radius 2 is 1.91 bits per heavy atom. The number of carbonyl (C=O) groups excluding carboxylic acids is 2. The fraction of sp³-hybridized carbons (Fsp3) is 0.680. The van der Waals surface area contributed by atoms with Gasteiger partial charge < -0.3 is 14.9 Å². The second kappa shape index (κ2) is 8.30. The highest BCUT2D eigenvalue weighted by atomic mass is 35.5. The molecule has 0 radical (unpaired) electrons. The van der Waals surface area contributed by atoms with E-state index in [2.05, 4.69) is 6.92 Å². The number of ether oxygens (including phenoxy) is 1. The lowest BCUT2D eigenvalue weighted by molar-refractivity contribution is -0.270. The molecule has 1 aromatic rings. The third-order valence-corrected chi connectivity index (χ3v) is 8.63. The maximum absolute atomic E-state index is 13.6. The largest absolute Gasteiger partial charge is 0.508 e. The number of phenolic OH excluding ortho intramolecular Hbond substituents is 1. The van der Waals surface area contributed by atoms with Gasteiger partial charge in [0.05, 0.1) is 23.0 Å². The van der Waals surface area contributed by atoms with Crippen molar-refractivity contribution in [1.29, 1.82) is 0 Å². The average molecular weight is 462 g/mol. The summed E-state index contributed by atoms with van der Waals surface area (Å²) in [6, 6.07) is 4.73. The lowest BCUT2D eigenvalue weighted by Crippen LogP contribution is -2.53. The third kappa shape index (κ3) is 3.37. The van der Waals surface area contributed by atoms with Gasteiger partial charge in [-0.25, -0.2) is 0 Å². The van der Waals surface area contributed by atoms with Crippen molar-refractivity contribution in [2.24, 2.45) is 23.7 Å². The molecule has 0 bridgehead atoms. The van der Waals surface area contributed by atoms with Crippen molar-refractivity contribution in [2.45, 2.75) is 82.6 Å². The predicted molar refractivity (Wildman–Crippen MR) is 119 cm³/mol. The molecule has 0 aromatic heterocycles. The first kappa shape index (κ1) is 22.2. The molecule has 4 aliphatic rings. The summed E-state index contributed by atoms with van der Waals surface area (Å²) in [6.07, 6.45) is 7.04. The molecule has 0 unspecified atom stereocenters. The van der Waals surface area contributed by atoms with E-state index in [1.807, 2.05) is 0 Å². The number of hydrogen-bond acceptors (Lipinski definition) is 5. The van der Waals surface area contributed by atoms with Crippen LogP contribution in [0.5, 0.6) is 5.75 Å². The summed E-state index contributed by atoms with van der Waals surface area (Å²) in [4.78, 5) is 28.7. The number of carbonyl (C=O) groups is 2. The Balaban J connectivity index is 1.49. The standard InChI is InChI=1S/C25H32ClNO5/c1-2-6-14-11-18-22(24(30)27(23(18)29)15-7-4-3-5-8-15)19-13-21(32-25(14,19)31)17-10-9-16(28)12-20(17)26/h9-10,12,14-15,18-19,21-22,28,31H,2-8,11,13H2,1H3/t14-,18-,19-,21-,22-,25+/m0/s1. The molecular weight excluding hydrogens is 430 g/mol. The number of rotatable bonds is 4. The number of phenols is 1. The average Bonchev–Trinajstić information content (AvgIpc) is 3.23. The summed E-state index contributed by atoms with van der Waals surface area (Å²) in [7, 11) is 0. The number of benzene rings is 1. The molecule has 5 rings (SSSR count). The van der Waals surface area contributed by atoms with Crippen LogP contribution in [0.15, 0.2) is 18.2 Å². The second-order valence-electron chi connectivity index (χ2n) is 10.1. The van der Waals surface area contributed by atoms with Crippen LogP contribution in [-0.2, 0) is 14.3 Å². The van der Waals surface area contributed by atoms with E-state index in [0.717, 1.165) is 44.9 Å². The Kier molecular flexibility index (Phi) is 5.75. The minimum absolute atomic E-state index is 0.00303. The number of aliphatic hydroxyl groups is 1. The summed E-state index contributed by atoms with van der Waals surface area (Å²) >= 11 is 6.39. The minimum Gasteiger partial charge on any atom is -0.508 e. The highest BCUT2D eigenvalue weighted by molar-refractivity contribution is 6.31. The number of amides is 2. The maximum Gasteiger partial charge on any atom is 0.233 e. The summed E-state index contributed by atoms with van der Waals surface area (Å²) in [5.41, 5.74) is 0.694. The highest BCUT2D eigenvalue weighted by Gasteiger charge is 2.67. The lowest BCUT2D eigenvalue weighted by Gasteiger charge is -2.44. The number of aromatic hydroxyl groups is 1. The molecule has 2 saturated heterocycles. The number of imide groups is 1. The van der Waals surface area contributed by atoms with Crippen molar-refractivity contribution < 1.29 is 24.5 Å². The molecule has 174 valence electrons. The molecule has 2 aliphatic heterocycles. The van der Waals surface area contributed by atoms with Crippen molar-refractivity contribution in [3.8, 4) is 5.75 Å². The van der Waals surface area contributed by atoms with Crippen LogP contribution in [-0.4, -0.2) is 38.8 Å². The molecule has 7 heteroatoms. The molecule has 4 fully saturated rings. The van der Waals surface area contributed by atoms with E-state index in [1.54, 1.807) is 17.0 Å². The van der Waals surface area contributed by atoms with E-state index in [9.17, 15) is 19.8 Å². The summed E-state index contributed by atoms with van der Waals surface area (Å²) in [5.74, 6) is -3.11. The van der Waals surface area contributed by atoms with Crippen LogP contribution < -0.4 is 0 Å². The highest BCUT2D eigenvalue weighted by Crippen LogP contribution is 2.59. The van der Waals surface area contributed by atoms with Gasteiger partial charge in [-0.05, 0) is 49.8 Å². The van der Waals surface area contributed by atoms with Gasteiger partial charge in [0.15, 0.2) is 5.79 Å². The van der Waals surface area contributed by atoms with Gasteiger partial charge in [0.2, 0.25) is 11.8 Å². The van der Waals surface area contributed by atoms with Crippen LogP contribution in [0.1, 0.15) is 76.4 Å². The topological polar surface area (TPSA) is 87.1 Å². The molecule has 2 N–H and O–H groups in total. The minimum atomic E-state index is -1.46. The maximum atomic E-state index is 13.6. The zero-order valence-corrected chi connectivity index (χ0v) is 19.3. The lowest BCUT2D eigenvalue weighted by atomic mass is 9.63. The Hall–Kier alpha value is -1.63. The Morgan fingerprint density at radius 3 is 2.59 bits per heavy atom. The molecule has 2 saturated carbocycles. The Labute approximate surface area is 193 Å². The Bertz CT molecular complexity index is 916. The quantitative estimate of drug-likeness (QED) is 0.641. The van der Waals surface area contributed by atoms with Crippen molar-refractivity contribution in [1.82, 2.24) is 4.90 Å². The van der Waals surface area contributed by atoms with E-state index in [-0.39, 0.29) is 35.4 Å². The number of likely N-dealkylation sites (tertiary alicyclic amines) is 1.